The highest BCUT2D eigenvalue weighted by molar-refractivity contribution is 6.10. The second kappa shape index (κ2) is 13.0. The van der Waals surface area contributed by atoms with Gasteiger partial charge in [-0.2, -0.15) is 0 Å². The zero-order valence-electron chi connectivity index (χ0n) is 34.9. The van der Waals surface area contributed by atoms with Crippen LogP contribution in [0.4, 0.5) is 17.1 Å². The Morgan fingerprint density at radius 2 is 1.02 bits per heavy atom. The molecule has 11 rings (SSSR count). The molecule has 0 amide bonds. The van der Waals surface area contributed by atoms with E-state index in [9.17, 15) is 0 Å². The molecule has 0 aliphatic heterocycles. The van der Waals surface area contributed by atoms with Crippen molar-refractivity contribution in [3.63, 3.8) is 0 Å². The summed E-state index contributed by atoms with van der Waals surface area (Å²) in [6.07, 6.45) is 9.02. The summed E-state index contributed by atoms with van der Waals surface area (Å²) in [5, 5.41) is 5.32. The van der Waals surface area contributed by atoms with Crippen molar-refractivity contribution in [1.82, 2.24) is 0 Å². The van der Waals surface area contributed by atoms with Crippen molar-refractivity contribution in [2.24, 2.45) is 0 Å². The van der Waals surface area contributed by atoms with Crippen molar-refractivity contribution >= 4 is 44.2 Å². The SMILES string of the molecule is Cc1ccc(N(c2ccc3c(c2)C(C)(C)c2cc(C4=CC=CCC4)c4ccccc4c2-3)c2ccc3c(c2)C(C)(C)c2cc(-c4ccccc4)c4ccccc4c2-3)c(C)c1. The molecule has 3 aliphatic carbocycles. The van der Waals surface area contributed by atoms with Gasteiger partial charge in [-0.25, -0.2) is 0 Å². The van der Waals surface area contributed by atoms with Crippen LogP contribution in [0.5, 0.6) is 0 Å². The van der Waals surface area contributed by atoms with Crippen LogP contribution >= 0.6 is 0 Å². The number of aryl methyl sites for hydroxylation is 2. The lowest BCUT2D eigenvalue weighted by Gasteiger charge is -2.31. The lowest BCUT2D eigenvalue weighted by molar-refractivity contribution is 0.660. The third-order valence-electron chi connectivity index (χ3n) is 13.9. The minimum absolute atomic E-state index is 0.183. The number of anilines is 3. The Kier molecular flexibility index (Phi) is 7.89. The summed E-state index contributed by atoms with van der Waals surface area (Å²) in [4.78, 5) is 2.52. The smallest absolute Gasteiger partial charge is 0.0490 e. The number of nitrogens with zero attached hydrogens (tertiary/aromatic N) is 1. The molecule has 3 aliphatic rings. The van der Waals surface area contributed by atoms with Gasteiger partial charge in [0.1, 0.15) is 0 Å². The first kappa shape index (κ1) is 35.7. The van der Waals surface area contributed by atoms with Gasteiger partial charge in [-0.15, -0.1) is 0 Å². The van der Waals surface area contributed by atoms with Gasteiger partial charge in [0.2, 0.25) is 0 Å². The fourth-order valence-corrected chi connectivity index (χ4v) is 10.9. The first-order valence-electron chi connectivity index (χ1n) is 21.3. The molecule has 0 atom stereocenters. The van der Waals surface area contributed by atoms with Crippen molar-refractivity contribution in [3.8, 4) is 33.4 Å². The first-order chi connectivity index (χ1) is 28.6. The highest BCUT2D eigenvalue weighted by Gasteiger charge is 2.40. The molecule has 0 saturated carbocycles. The highest BCUT2D eigenvalue weighted by Crippen LogP contribution is 2.57. The molecule has 0 spiro atoms. The molecular formula is C58H49N. The van der Waals surface area contributed by atoms with Crippen molar-refractivity contribution < 1.29 is 0 Å². The number of hydrogen-bond acceptors (Lipinski definition) is 1. The number of benzene rings is 8. The topological polar surface area (TPSA) is 3.24 Å². The Hall–Kier alpha value is -6.44. The highest BCUT2D eigenvalue weighted by atomic mass is 15.1. The van der Waals surface area contributed by atoms with Crippen LogP contribution in [0.15, 0.2) is 164 Å². The van der Waals surface area contributed by atoms with Gasteiger partial charge in [-0.3, -0.25) is 0 Å². The van der Waals surface area contributed by atoms with Gasteiger partial charge in [0.25, 0.3) is 0 Å². The van der Waals surface area contributed by atoms with Crippen molar-refractivity contribution in [2.75, 3.05) is 4.90 Å². The van der Waals surface area contributed by atoms with Crippen molar-refractivity contribution in [1.29, 1.82) is 0 Å². The van der Waals surface area contributed by atoms with Gasteiger partial charge in [0.15, 0.2) is 0 Å². The molecule has 0 fully saturated rings. The van der Waals surface area contributed by atoms with E-state index in [4.69, 9.17) is 0 Å². The maximum Gasteiger partial charge on any atom is 0.0490 e. The van der Waals surface area contributed by atoms with Crippen molar-refractivity contribution in [2.45, 2.75) is 65.2 Å². The van der Waals surface area contributed by atoms with Gasteiger partial charge in [-0.05, 0) is 163 Å². The molecular weight excluding hydrogens is 711 g/mol. The summed E-state index contributed by atoms with van der Waals surface area (Å²) in [6, 6.07) is 55.4. The molecule has 286 valence electrons. The average molecular weight is 760 g/mol. The Balaban J connectivity index is 1.09. The normalized spacial score (nSPS) is 15.5. The van der Waals surface area contributed by atoms with Crippen LogP contribution in [-0.2, 0) is 10.8 Å². The summed E-state index contributed by atoms with van der Waals surface area (Å²) < 4.78 is 0. The van der Waals surface area contributed by atoms with E-state index >= 15 is 0 Å². The molecule has 59 heavy (non-hydrogen) atoms. The monoisotopic (exact) mass is 759 g/mol. The Labute approximate surface area is 349 Å². The van der Waals surface area contributed by atoms with Crippen LogP contribution in [-0.4, -0.2) is 0 Å². The predicted molar refractivity (Wildman–Crippen MR) is 253 cm³/mol. The summed E-state index contributed by atoms with van der Waals surface area (Å²) in [6.45, 7) is 14.1. The molecule has 0 heterocycles. The van der Waals surface area contributed by atoms with E-state index < -0.39 is 0 Å². The third kappa shape index (κ3) is 5.30. The molecule has 0 bridgehead atoms. The predicted octanol–water partition coefficient (Wildman–Crippen LogP) is 16.1. The molecule has 0 N–H and O–H groups in total. The number of rotatable bonds is 5. The van der Waals surface area contributed by atoms with Crippen LogP contribution in [0.1, 0.15) is 79.5 Å². The average Bonchev–Trinajstić information content (AvgIpc) is 3.63. The Morgan fingerprint density at radius 3 is 1.58 bits per heavy atom. The second-order valence-corrected chi connectivity index (χ2v) is 18.1. The zero-order valence-corrected chi connectivity index (χ0v) is 34.9. The fraction of sp³-hybridized carbons (Fsp3) is 0.172. The minimum Gasteiger partial charge on any atom is -0.310 e. The molecule has 0 saturated heterocycles. The van der Waals surface area contributed by atoms with Crippen LogP contribution < -0.4 is 4.90 Å². The Morgan fingerprint density at radius 1 is 0.475 bits per heavy atom. The van der Waals surface area contributed by atoms with E-state index in [1.165, 1.54) is 117 Å². The molecule has 1 heteroatoms. The van der Waals surface area contributed by atoms with E-state index in [1.807, 2.05) is 0 Å². The molecule has 0 aromatic heterocycles. The second-order valence-electron chi connectivity index (χ2n) is 18.1. The lowest BCUT2D eigenvalue weighted by atomic mass is 9.79. The Bertz CT molecular complexity index is 3120. The maximum absolute atomic E-state index is 2.53. The van der Waals surface area contributed by atoms with Gasteiger partial charge in [-0.1, -0.05) is 155 Å². The van der Waals surface area contributed by atoms with Crippen LogP contribution in [0.25, 0.3) is 60.5 Å². The van der Waals surface area contributed by atoms with E-state index in [2.05, 4.69) is 210 Å². The molecule has 0 radical (unpaired) electrons. The molecule has 8 aromatic rings. The van der Waals surface area contributed by atoms with E-state index in [-0.39, 0.29) is 10.8 Å². The fourth-order valence-electron chi connectivity index (χ4n) is 10.9. The van der Waals surface area contributed by atoms with Crippen LogP contribution in [0, 0.1) is 13.8 Å². The van der Waals surface area contributed by atoms with Gasteiger partial charge >= 0.3 is 0 Å². The number of hydrogen-bond donors (Lipinski definition) is 0. The summed E-state index contributed by atoms with van der Waals surface area (Å²) in [5.41, 5.74) is 22.1. The van der Waals surface area contributed by atoms with E-state index in [0.29, 0.717) is 0 Å². The quantitative estimate of drug-likeness (QED) is 0.169. The van der Waals surface area contributed by atoms with Gasteiger partial charge < -0.3 is 4.90 Å². The van der Waals surface area contributed by atoms with E-state index in [0.717, 1.165) is 12.8 Å². The molecule has 0 unspecified atom stereocenters. The summed E-state index contributed by atoms with van der Waals surface area (Å²) >= 11 is 0. The number of allylic oxidation sites excluding steroid dienone is 4. The summed E-state index contributed by atoms with van der Waals surface area (Å²) in [5.74, 6) is 0. The van der Waals surface area contributed by atoms with Crippen LogP contribution in [0.2, 0.25) is 0 Å². The largest absolute Gasteiger partial charge is 0.310 e. The molecule has 1 nitrogen and oxygen atoms in total. The maximum atomic E-state index is 2.53. The van der Waals surface area contributed by atoms with Crippen LogP contribution in [0.3, 0.4) is 0 Å². The number of fused-ring (bicyclic) bond motifs is 10. The third-order valence-corrected chi connectivity index (χ3v) is 13.9. The molecule has 8 aromatic carbocycles. The van der Waals surface area contributed by atoms with Crippen molar-refractivity contribution in [3.05, 3.63) is 203 Å². The van der Waals surface area contributed by atoms with Gasteiger partial charge in [0.05, 0.1) is 0 Å². The standard InChI is InChI=1S/C58H49N/c1-36-25-30-54(37(2)31-36)59(40-26-28-46-50(32-40)57(3,4)52-34-48(38-17-9-7-10-18-38)42-21-13-15-23-44(42)55(46)52)41-27-29-47-51(33-41)58(5,6)53-35-49(39-19-11-8-12-20-39)43-22-14-16-24-45(43)56(47)53/h7-11,13-19,21-35H,12,20H2,1-6H3. The first-order valence-corrected chi connectivity index (χ1v) is 21.3. The van der Waals surface area contributed by atoms with Gasteiger partial charge in [0, 0.05) is 27.9 Å². The lowest BCUT2D eigenvalue weighted by Crippen LogP contribution is -2.18. The minimum atomic E-state index is -0.202. The van der Waals surface area contributed by atoms with E-state index in [1.54, 1.807) is 0 Å². The zero-order chi connectivity index (χ0) is 40.2. The summed E-state index contributed by atoms with van der Waals surface area (Å²) in [7, 11) is 0.